The molecule has 19 heavy (non-hydrogen) atoms. The highest BCUT2D eigenvalue weighted by molar-refractivity contribution is 5.85. The van der Waals surface area contributed by atoms with Crippen LogP contribution in [0.25, 0.3) is 0 Å². The summed E-state index contributed by atoms with van der Waals surface area (Å²) >= 11 is 0. The Labute approximate surface area is 116 Å². The average Bonchev–Trinajstić information content (AvgIpc) is 2.40. The Bertz CT molecular complexity index is 303. The van der Waals surface area contributed by atoms with Gasteiger partial charge in [-0.1, -0.05) is 25.4 Å². The molecule has 0 aromatic heterocycles. The van der Waals surface area contributed by atoms with Crippen LogP contribution in [0.1, 0.15) is 40.0 Å². The first kappa shape index (κ1) is 17.7. The fourth-order valence-corrected chi connectivity index (χ4v) is 1.59. The monoisotopic (exact) mass is 272 g/mol. The van der Waals surface area contributed by atoms with Crippen molar-refractivity contribution in [1.29, 1.82) is 0 Å². The number of nitrogens with one attached hydrogen (secondary N) is 1. The number of hydrogen-bond donors (Lipinski definition) is 3. The van der Waals surface area contributed by atoms with E-state index in [1.807, 2.05) is 20.8 Å². The maximum absolute atomic E-state index is 11.5. The molecule has 4 N–H and O–H groups in total. The first-order chi connectivity index (χ1) is 8.85. The first-order valence-electron chi connectivity index (χ1n) is 6.77. The second-order valence-corrected chi connectivity index (χ2v) is 5.41. The average molecular weight is 272 g/mol. The molecular weight excluding hydrogens is 244 g/mol. The van der Waals surface area contributed by atoms with Gasteiger partial charge in [0.25, 0.3) is 0 Å². The number of amidine groups is 1. The Kier molecular flexibility index (Phi) is 8.14. The highest BCUT2D eigenvalue weighted by Crippen LogP contribution is 2.22. The molecule has 0 rings (SSSR count). The van der Waals surface area contributed by atoms with Crippen molar-refractivity contribution in [2.24, 2.45) is 16.3 Å². The molecule has 0 aliphatic rings. The second-order valence-electron chi connectivity index (χ2n) is 5.41. The van der Waals surface area contributed by atoms with E-state index < -0.39 is 0 Å². The van der Waals surface area contributed by atoms with Crippen molar-refractivity contribution in [1.82, 2.24) is 10.2 Å². The lowest BCUT2D eigenvalue weighted by Crippen LogP contribution is -2.35. The lowest BCUT2D eigenvalue weighted by molar-refractivity contribution is -0.128. The van der Waals surface area contributed by atoms with Gasteiger partial charge in [0.2, 0.25) is 5.91 Å². The Morgan fingerprint density at radius 1 is 1.42 bits per heavy atom. The third-order valence-corrected chi connectivity index (χ3v) is 3.38. The van der Waals surface area contributed by atoms with Gasteiger partial charge in [0.15, 0.2) is 0 Å². The van der Waals surface area contributed by atoms with Gasteiger partial charge in [-0.15, -0.1) is 0 Å². The molecule has 1 amide bonds. The van der Waals surface area contributed by atoms with Gasteiger partial charge in [-0.25, -0.2) is 0 Å². The zero-order valence-electron chi connectivity index (χ0n) is 12.6. The SMILES string of the molecule is CCN(C)C(=O)CNCCCCC(C)(C)C(N)=NO. The van der Waals surface area contributed by atoms with Gasteiger partial charge >= 0.3 is 0 Å². The van der Waals surface area contributed by atoms with Crippen molar-refractivity contribution in [3.8, 4) is 0 Å². The Morgan fingerprint density at radius 3 is 2.58 bits per heavy atom. The predicted octanol–water partition coefficient (Wildman–Crippen LogP) is 0.997. The van der Waals surface area contributed by atoms with E-state index in [1.165, 1.54) is 0 Å². The summed E-state index contributed by atoms with van der Waals surface area (Å²) in [5.74, 6) is 0.375. The molecule has 0 aliphatic carbocycles. The number of nitrogens with two attached hydrogens (primary N) is 1. The Morgan fingerprint density at radius 2 is 2.05 bits per heavy atom. The molecule has 6 heteroatoms. The van der Waals surface area contributed by atoms with Crippen LogP contribution < -0.4 is 11.1 Å². The van der Waals surface area contributed by atoms with E-state index in [4.69, 9.17) is 10.9 Å². The van der Waals surface area contributed by atoms with Crippen LogP contribution >= 0.6 is 0 Å². The minimum atomic E-state index is -0.285. The van der Waals surface area contributed by atoms with Gasteiger partial charge in [0.1, 0.15) is 5.84 Å². The maximum atomic E-state index is 11.5. The van der Waals surface area contributed by atoms with Crippen LogP contribution in [0.15, 0.2) is 5.16 Å². The number of hydrogen-bond acceptors (Lipinski definition) is 4. The second kappa shape index (κ2) is 8.74. The summed E-state index contributed by atoms with van der Waals surface area (Å²) in [5.41, 5.74) is 5.33. The quantitative estimate of drug-likeness (QED) is 0.192. The third kappa shape index (κ3) is 7.00. The first-order valence-corrected chi connectivity index (χ1v) is 6.77. The number of nitrogens with zero attached hydrogens (tertiary/aromatic N) is 2. The maximum Gasteiger partial charge on any atom is 0.236 e. The summed E-state index contributed by atoms with van der Waals surface area (Å²) in [6.07, 6.45) is 2.78. The zero-order valence-corrected chi connectivity index (χ0v) is 12.6. The fourth-order valence-electron chi connectivity index (χ4n) is 1.59. The van der Waals surface area contributed by atoms with Crippen molar-refractivity contribution < 1.29 is 10.0 Å². The van der Waals surface area contributed by atoms with Crippen molar-refractivity contribution in [3.05, 3.63) is 0 Å². The number of carbonyl (C=O) groups excluding carboxylic acids is 1. The summed E-state index contributed by atoms with van der Waals surface area (Å²) in [6.45, 7) is 7.77. The van der Waals surface area contributed by atoms with Crippen LogP contribution in [0.4, 0.5) is 0 Å². The summed E-state index contributed by atoms with van der Waals surface area (Å²) in [5, 5.41) is 14.8. The molecule has 0 radical (unpaired) electrons. The van der Waals surface area contributed by atoms with Gasteiger partial charge in [-0.2, -0.15) is 0 Å². The van der Waals surface area contributed by atoms with Gasteiger partial charge in [0.05, 0.1) is 6.54 Å². The summed E-state index contributed by atoms with van der Waals surface area (Å²) in [4.78, 5) is 13.2. The predicted molar refractivity (Wildman–Crippen MR) is 77.2 cm³/mol. The molecule has 0 heterocycles. The zero-order chi connectivity index (χ0) is 14.9. The van der Waals surface area contributed by atoms with Crippen LogP contribution in [0.5, 0.6) is 0 Å². The van der Waals surface area contributed by atoms with Crippen molar-refractivity contribution in [2.45, 2.75) is 40.0 Å². The van der Waals surface area contributed by atoms with Crippen LogP contribution in [0.2, 0.25) is 0 Å². The highest BCUT2D eigenvalue weighted by atomic mass is 16.4. The molecule has 0 atom stereocenters. The van der Waals surface area contributed by atoms with E-state index in [2.05, 4.69) is 10.5 Å². The van der Waals surface area contributed by atoms with Crippen LogP contribution in [-0.2, 0) is 4.79 Å². The summed E-state index contributed by atoms with van der Waals surface area (Å²) in [7, 11) is 1.80. The number of rotatable bonds is 9. The number of unbranched alkanes of at least 4 members (excludes halogenated alkanes) is 1. The molecule has 0 saturated heterocycles. The normalized spacial score (nSPS) is 12.5. The fraction of sp³-hybridized carbons (Fsp3) is 0.846. The van der Waals surface area contributed by atoms with Crippen molar-refractivity contribution in [2.75, 3.05) is 26.7 Å². The molecule has 0 saturated carbocycles. The largest absolute Gasteiger partial charge is 0.409 e. The molecule has 6 nitrogen and oxygen atoms in total. The molecule has 0 unspecified atom stereocenters. The molecule has 0 aromatic carbocycles. The smallest absolute Gasteiger partial charge is 0.236 e. The lowest BCUT2D eigenvalue weighted by atomic mass is 9.86. The summed E-state index contributed by atoms with van der Waals surface area (Å²) in [6, 6.07) is 0. The van der Waals surface area contributed by atoms with Crippen LogP contribution in [0, 0.1) is 5.41 Å². The molecule has 0 aliphatic heterocycles. The number of amides is 1. The van der Waals surface area contributed by atoms with Crippen LogP contribution in [-0.4, -0.2) is 48.5 Å². The highest BCUT2D eigenvalue weighted by Gasteiger charge is 2.22. The Hall–Kier alpha value is -1.30. The van der Waals surface area contributed by atoms with Gasteiger partial charge in [-0.05, 0) is 26.3 Å². The number of likely N-dealkylation sites (N-methyl/N-ethyl adjacent to an activating group) is 1. The number of carbonyl (C=O) groups is 1. The van der Waals surface area contributed by atoms with Gasteiger partial charge in [-0.3, -0.25) is 4.79 Å². The van der Waals surface area contributed by atoms with E-state index in [1.54, 1.807) is 11.9 Å². The molecule has 112 valence electrons. The minimum absolute atomic E-state index is 0.111. The number of oxime groups is 1. The van der Waals surface area contributed by atoms with E-state index >= 15 is 0 Å². The lowest BCUT2D eigenvalue weighted by Gasteiger charge is -2.22. The Balaban J connectivity index is 3.69. The molecule has 0 fully saturated rings. The van der Waals surface area contributed by atoms with E-state index in [-0.39, 0.29) is 17.2 Å². The van der Waals surface area contributed by atoms with Crippen LogP contribution in [0.3, 0.4) is 0 Å². The summed E-state index contributed by atoms with van der Waals surface area (Å²) < 4.78 is 0. The minimum Gasteiger partial charge on any atom is -0.409 e. The van der Waals surface area contributed by atoms with Crippen molar-refractivity contribution >= 4 is 11.7 Å². The van der Waals surface area contributed by atoms with Gasteiger partial charge in [0, 0.05) is 19.0 Å². The van der Waals surface area contributed by atoms with Crippen molar-refractivity contribution in [3.63, 3.8) is 0 Å². The van der Waals surface area contributed by atoms with E-state index in [9.17, 15) is 4.79 Å². The van der Waals surface area contributed by atoms with Gasteiger partial charge < -0.3 is 21.2 Å². The van der Waals surface area contributed by atoms with E-state index in [0.29, 0.717) is 6.54 Å². The molecular formula is C13H28N4O2. The molecule has 0 aromatic rings. The molecule has 0 bridgehead atoms. The topological polar surface area (TPSA) is 91.0 Å². The molecule has 0 spiro atoms. The van der Waals surface area contributed by atoms with E-state index in [0.717, 1.165) is 32.4 Å². The standard InChI is InChI=1S/C13H28N4O2/c1-5-17(4)11(18)10-15-9-7-6-8-13(2,3)12(14)16-19/h15,19H,5-10H2,1-4H3,(H2,14,16). The third-order valence-electron chi connectivity index (χ3n) is 3.38.